The fourth-order valence-electron chi connectivity index (χ4n) is 2.42. The van der Waals surface area contributed by atoms with Crippen LogP contribution in [0.1, 0.15) is 0 Å². The van der Waals surface area contributed by atoms with Crippen molar-refractivity contribution < 1.29 is 9.21 Å². The number of oxazole rings is 1. The number of nitrogens with one attached hydrogen (secondary N) is 2. The standard InChI is InChI=1S/C16H12N6O3/c23-13(9-22-11-5-1-2-6-12(11)25-16(22)24)18-15-19-14(20-21-15)10-4-3-7-17-8-10/h1-8H,9H2,(H2,18,19,20,21,23). The van der Waals surface area contributed by atoms with Crippen molar-refractivity contribution in [2.45, 2.75) is 6.54 Å². The second-order valence-electron chi connectivity index (χ2n) is 5.22. The first kappa shape index (κ1) is 14.8. The van der Waals surface area contributed by atoms with Crippen LogP contribution >= 0.6 is 0 Å². The number of rotatable bonds is 4. The molecule has 0 fully saturated rings. The maximum absolute atomic E-state index is 12.2. The topological polar surface area (TPSA) is 119 Å². The number of amides is 1. The number of para-hydroxylation sites is 2. The number of anilines is 1. The second-order valence-corrected chi connectivity index (χ2v) is 5.22. The summed E-state index contributed by atoms with van der Waals surface area (Å²) in [6.07, 6.45) is 3.28. The smallest absolute Gasteiger partial charge is 0.408 e. The molecule has 0 aliphatic carbocycles. The molecule has 1 amide bonds. The molecule has 4 aromatic rings. The number of carbonyl (C=O) groups is 1. The van der Waals surface area contributed by atoms with E-state index in [0.29, 0.717) is 16.9 Å². The molecule has 4 rings (SSSR count). The highest BCUT2D eigenvalue weighted by atomic mass is 16.4. The van der Waals surface area contributed by atoms with Crippen LogP contribution in [0, 0.1) is 0 Å². The summed E-state index contributed by atoms with van der Waals surface area (Å²) >= 11 is 0. The number of aromatic nitrogens is 5. The van der Waals surface area contributed by atoms with Gasteiger partial charge in [-0.15, -0.1) is 5.10 Å². The molecule has 3 aromatic heterocycles. The summed E-state index contributed by atoms with van der Waals surface area (Å²) in [5.41, 5.74) is 1.72. The average molecular weight is 336 g/mol. The molecule has 2 N–H and O–H groups in total. The summed E-state index contributed by atoms with van der Waals surface area (Å²) in [4.78, 5) is 32.3. The fraction of sp³-hybridized carbons (Fsp3) is 0.0625. The van der Waals surface area contributed by atoms with Crippen LogP contribution in [0.2, 0.25) is 0 Å². The molecule has 0 atom stereocenters. The highest BCUT2D eigenvalue weighted by Gasteiger charge is 2.14. The minimum atomic E-state index is -0.595. The van der Waals surface area contributed by atoms with Crippen LogP contribution in [-0.2, 0) is 11.3 Å². The summed E-state index contributed by atoms with van der Waals surface area (Å²) in [6, 6.07) is 10.5. The van der Waals surface area contributed by atoms with E-state index >= 15 is 0 Å². The van der Waals surface area contributed by atoms with Gasteiger partial charge in [-0.3, -0.25) is 24.8 Å². The number of pyridine rings is 1. The molecule has 0 saturated carbocycles. The highest BCUT2D eigenvalue weighted by Crippen LogP contribution is 2.14. The zero-order chi connectivity index (χ0) is 17.2. The summed E-state index contributed by atoms with van der Waals surface area (Å²) in [5, 5.41) is 9.21. The van der Waals surface area contributed by atoms with Gasteiger partial charge in [-0.05, 0) is 24.3 Å². The summed E-state index contributed by atoms with van der Waals surface area (Å²) in [6.45, 7) is -0.202. The predicted octanol–water partition coefficient (Wildman–Crippen LogP) is 1.41. The van der Waals surface area contributed by atoms with E-state index in [0.717, 1.165) is 5.56 Å². The average Bonchev–Trinajstić information content (AvgIpc) is 3.21. The van der Waals surface area contributed by atoms with Gasteiger partial charge in [0.05, 0.1) is 5.52 Å². The van der Waals surface area contributed by atoms with Crippen LogP contribution in [0.4, 0.5) is 5.95 Å². The molecule has 9 nitrogen and oxygen atoms in total. The van der Waals surface area contributed by atoms with Crippen LogP contribution in [-0.4, -0.2) is 30.6 Å². The van der Waals surface area contributed by atoms with Gasteiger partial charge in [0.2, 0.25) is 11.9 Å². The van der Waals surface area contributed by atoms with Crippen molar-refractivity contribution in [1.82, 2.24) is 24.7 Å². The van der Waals surface area contributed by atoms with Crippen LogP contribution in [0.3, 0.4) is 0 Å². The van der Waals surface area contributed by atoms with Gasteiger partial charge in [0.15, 0.2) is 11.4 Å². The monoisotopic (exact) mass is 336 g/mol. The SMILES string of the molecule is O=C(Cn1c(=O)oc2ccccc21)Nc1n[nH]c(-c2cccnc2)n1. The molecule has 1 aromatic carbocycles. The maximum atomic E-state index is 12.2. The van der Waals surface area contributed by atoms with Crippen LogP contribution in [0.15, 0.2) is 58.0 Å². The number of carbonyl (C=O) groups excluding carboxylic acids is 1. The lowest BCUT2D eigenvalue weighted by Crippen LogP contribution is -2.25. The van der Waals surface area contributed by atoms with E-state index in [-0.39, 0.29) is 12.5 Å². The number of aromatic amines is 1. The third-order valence-corrected chi connectivity index (χ3v) is 3.55. The van der Waals surface area contributed by atoms with E-state index in [9.17, 15) is 9.59 Å². The highest BCUT2D eigenvalue weighted by molar-refractivity contribution is 5.90. The molecule has 0 radical (unpaired) electrons. The molecule has 0 aliphatic heterocycles. The third-order valence-electron chi connectivity index (χ3n) is 3.55. The Morgan fingerprint density at radius 1 is 1.24 bits per heavy atom. The molecule has 0 aliphatic rings. The lowest BCUT2D eigenvalue weighted by molar-refractivity contribution is -0.116. The quantitative estimate of drug-likeness (QED) is 0.581. The Morgan fingerprint density at radius 2 is 2.12 bits per heavy atom. The largest absolute Gasteiger partial charge is 0.420 e. The lowest BCUT2D eigenvalue weighted by Gasteiger charge is -2.01. The van der Waals surface area contributed by atoms with Crippen molar-refractivity contribution in [1.29, 1.82) is 0 Å². The first-order chi connectivity index (χ1) is 12.2. The van der Waals surface area contributed by atoms with Gasteiger partial charge in [-0.1, -0.05) is 12.1 Å². The van der Waals surface area contributed by atoms with E-state index in [1.807, 2.05) is 6.07 Å². The first-order valence-electron chi connectivity index (χ1n) is 7.42. The van der Waals surface area contributed by atoms with E-state index in [4.69, 9.17) is 4.42 Å². The van der Waals surface area contributed by atoms with Gasteiger partial charge < -0.3 is 4.42 Å². The zero-order valence-electron chi connectivity index (χ0n) is 12.8. The maximum Gasteiger partial charge on any atom is 0.420 e. The molecule has 0 spiro atoms. The Kier molecular flexibility index (Phi) is 3.58. The van der Waals surface area contributed by atoms with Crippen molar-refractivity contribution in [2.75, 3.05) is 5.32 Å². The predicted molar refractivity (Wildman–Crippen MR) is 88.7 cm³/mol. The number of benzene rings is 1. The molecular weight excluding hydrogens is 324 g/mol. The minimum absolute atomic E-state index is 0.115. The Hall–Kier alpha value is -3.75. The minimum Gasteiger partial charge on any atom is -0.408 e. The third kappa shape index (κ3) is 2.90. The van der Waals surface area contributed by atoms with Crippen molar-refractivity contribution >= 4 is 23.0 Å². The van der Waals surface area contributed by atoms with Gasteiger partial charge in [0, 0.05) is 18.0 Å². The second kappa shape index (κ2) is 6.04. The zero-order valence-corrected chi connectivity index (χ0v) is 12.8. The van der Waals surface area contributed by atoms with Crippen LogP contribution in [0.25, 0.3) is 22.5 Å². The number of fused-ring (bicyclic) bond motifs is 1. The van der Waals surface area contributed by atoms with Crippen LogP contribution < -0.4 is 11.1 Å². The lowest BCUT2D eigenvalue weighted by atomic mass is 10.3. The Balaban J connectivity index is 1.52. The van der Waals surface area contributed by atoms with Gasteiger partial charge in [-0.25, -0.2) is 4.79 Å². The Labute approximate surface area is 140 Å². The van der Waals surface area contributed by atoms with Crippen molar-refractivity contribution in [3.05, 3.63) is 59.3 Å². The molecule has 0 unspecified atom stereocenters. The molecule has 124 valence electrons. The molecule has 25 heavy (non-hydrogen) atoms. The van der Waals surface area contributed by atoms with Crippen molar-refractivity contribution in [2.24, 2.45) is 0 Å². The molecular formula is C16H12N6O3. The molecule has 0 bridgehead atoms. The van der Waals surface area contributed by atoms with E-state index in [1.54, 1.807) is 42.7 Å². The number of hydrogen-bond acceptors (Lipinski definition) is 6. The summed E-state index contributed by atoms with van der Waals surface area (Å²) in [7, 11) is 0. The summed E-state index contributed by atoms with van der Waals surface area (Å²) < 4.78 is 6.34. The van der Waals surface area contributed by atoms with E-state index in [2.05, 4.69) is 25.5 Å². The Bertz CT molecular complexity index is 1100. The van der Waals surface area contributed by atoms with Crippen LogP contribution in [0.5, 0.6) is 0 Å². The molecule has 9 heteroatoms. The normalized spacial score (nSPS) is 10.9. The first-order valence-corrected chi connectivity index (χ1v) is 7.42. The molecule has 3 heterocycles. The number of hydrogen-bond donors (Lipinski definition) is 2. The number of nitrogens with zero attached hydrogens (tertiary/aromatic N) is 4. The van der Waals surface area contributed by atoms with E-state index < -0.39 is 11.7 Å². The van der Waals surface area contributed by atoms with Crippen molar-refractivity contribution in [3.8, 4) is 11.4 Å². The fourth-order valence-corrected chi connectivity index (χ4v) is 2.42. The number of H-pyrrole nitrogens is 1. The van der Waals surface area contributed by atoms with Gasteiger partial charge in [-0.2, -0.15) is 4.98 Å². The van der Waals surface area contributed by atoms with Crippen molar-refractivity contribution in [3.63, 3.8) is 0 Å². The van der Waals surface area contributed by atoms with Gasteiger partial charge in [0.25, 0.3) is 0 Å². The van der Waals surface area contributed by atoms with Gasteiger partial charge >= 0.3 is 5.76 Å². The van der Waals surface area contributed by atoms with Gasteiger partial charge in [0.1, 0.15) is 6.54 Å². The molecule has 0 saturated heterocycles. The van der Waals surface area contributed by atoms with E-state index in [1.165, 1.54) is 4.57 Å². The summed E-state index contributed by atoms with van der Waals surface area (Å²) in [5.74, 6) is -0.438. The Morgan fingerprint density at radius 3 is 2.96 bits per heavy atom.